The summed E-state index contributed by atoms with van der Waals surface area (Å²) in [6.45, 7) is 6.89. The molecule has 0 nitrogen and oxygen atoms in total. The molecule has 1 heterocycles. The fraction of sp³-hybridized carbons (Fsp3) is 0.538. The Balaban J connectivity index is 1.91. The average Bonchev–Trinajstić information content (AvgIpc) is 2.56. The largest absolute Gasteiger partial charge is 0.155 e. The highest BCUT2D eigenvalue weighted by Crippen LogP contribution is 2.39. The van der Waals surface area contributed by atoms with Crippen molar-refractivity contribution >= 4 is 23.5 Å². The van der Waals surface area contributed by atoms with Crippen molar-refractivity contribution in [1.29, 1.82) is 0 Å². The molecule has 1 aromatic rings. The van der Waals surface area contributed by atoms with Gasteiger partial charge < -0.3 is 0 Å². The summed E-state index contributed by atoms with van der Waals surface area (Å²) in [5, 5.41) is 0.784. The first-order valence-corrected chi connectivity index (χ1v) is 7.30. The van der Waals surface area contributed by atoms with E-state index in [2.05, 4.69) is 68.6 Å². The Bertz CT molecular complexity index is 314. The van der Waals surface area contributed by atoms with Gasteiger partial charge in [-0.2, -0.15) is 11.8 Å². The Morgan fingerprint density at radius 3 is 2.73 bits per heavy atom. The molecule has 1 aromatic carbocycles. The van der Waals surface area contributed by atoms with Gasteiger partial charge in [0.2, 0.25) is 0 Å². The zero-order valence-corrected chi connectivity index (χ0v) is 11.3. The number of benzene rings is 1. The van der Waals surface area contributed by atoms with Crippen molar-refractivity contribution in [3.8, 4) is 0 Å². The van der Waals surface area contributed by atoms with Crippen molar-refractivity contribution < 1.29 is 0 Å². The van der Waals surface area contributed by atoms with Crippen LogP contribution in [0.2, 0.25) is 0 Å². The maximum Gasteiger partial charge on any atom is 0.0226 e. The smallest absolute Gasteiger partial charge is 0.0226 e. The van der Waals surface area contributed by atoms with Crippen LogP contribution in [0.3, 0.4) is 0 Å². The van der Waals surface area contributed by atoms with E-state index in [9.17, 15) is 0 Å². The lowest BCUT2D eigenvalue weighted by molar-refractivity contribution is 0.799. The van der Waals surface area contributed by atoms with Gasteiger partial charge in [0, 0.05) is 20.6 Å². The van der Waals surface area contributed by atoms with E-state index in [1.165, 1.54) is 17.1 Å². The highest BCUT2D eigenvalue weighted by atomic mass is 32.2. The first kappa shape index (κ1) is 11.4. The Morgan fingerprint density at radius 2 is 2.07 bits per heavy atom. The van der Waals surface area contributed by atoms with Crippen LogP contribution in [-0.2, 0) is 6.42 Å². The lowest BCUT2D eigenvalue weighted by Gasteiger charge is -2.19. The molecular formula is C13H18S2. The first-order chi connectivity index (χ1) is 7.04. The van der Waals surface area contributed by atoms with E-state index in [-0.39, 0.29) is 0 Å². The molecule has 15 heavy (non-hydrogen) atoms. The molecule has 0 saturated carbocycles. The normalized spacial score (nSPS) is 20.3. The molecule has 0 fully saturated rings. The van der Waals surface area contributed by atoms with E-state index in [4.69, 9.17) is 0 Å². The lowest BCUT2D eigenvalue weighted by Crippen LogP contribution is -2.14. The van der Waals surface area contributed by atoms with Crippen LogP contribution in [0.15, 0.2) is 29.2 Å². The van der Waals surface area contributed by atoms with Crippen LogP contribution in [-0.4, -0.2) is 15.7 Å². The maximum atomic E-state index is 2.30. The molecule has 1 unspecified atom stereocenters. The molecule has 0 aromatic heterocycles. The summed E-state index contributed by atoms with van der Waals surface area (Å²) in [5.74, 6) is 1.27. The predicted molar refractivity (Wildman–Crippen MR) is 72.0 cm³/mol. The second-order valence-electron chi connectivity index (χ2n) is 4.98. The van der Waals surface area contributed by atoms with Crippen LogP contribution in [0.1, 0.15) is 26.3 Å². The second-order valence-corrected chi connectivity index (χ2v) is 8.16. The van der Waals surface area contributed by atoms with Gasteiger partial charge >= 0.3 is 0 Å². The Morgan fingerprint density at radius 1 is 1.33 bits per heavy atom. The zero-order chi connectivity index (χ0) is 10.9. The minimum atomic E-state index is 0.398. The van der Waals surface area contributed by atoms with Crippen LogP contribution in [0.5, 0.6) is 0 Å². The molecule has 82 valence electrons. The third-order valence-electron chi connectivity index (χ3n) is 2.42. The molecule has 0 amide bonds. The maximum absolute atomic E-state index is 2.30. The molecule has 2 rings (SSSR count). The summed E-state index contributed by atoms with van der Waals surface area (Å²) in [7, 11) is 0. The van der Waals surface area contributed by atoms with Crippen LogP contribution in [0.4, 0.5) is 0 Å². The number of hydrogen-bond donors (Lipinski definition) is 0. The van der Waals surface area contributed by atoms with E-state index < -0.39 is 0 Å². The lowest BCUT2D eigenvalue weighted by atomic mass is 10.1. The van der Waals surface area contributed by atoms with E-state index in [0.29, 0.717) is 4.75 Å². The summed E-state index contributed by atoms with van der Waals surface area (Å²) in [6.07, 6.45) is 1.25. The van der Waals surface area contributed by atoms with Gasteiger partial charge in [-0.25, -0.2) is 0 Å². The standard InChI is InChI=1S/C13H18S2/c1-13(2,3)14-9-11-8-10-6-4-5-7-12(10)15-11/h4-7,11H,8-9H2,1-3H3. The Hall–Kier alpha value is -0.0800. The molecule has 1 atom stereocenters. The summed E-state index contributed by atoms with van der Waals surface area (Å²) in [6, 6.07) is 8.82. The third kappa shape index (κ3) is 3.18. The highest BCUT2D eigenvalue weighted by molar-refractivity contribution is 8.04. The molecule has 0 saturated heterocycles. The fourth-order valence-corrected chi connectivity index (χ4v) is 4.05. The number of fused-ring (bicyclic) bond motifs is 1. The molecule has 0 radical (unpaired) electrons. The fourth-order valence-electron chi connectivity index (χ4n) is 1.69. The molecule has 2 heteroatoms. The van der Waals surface area contributed by atoms with Gasteiger partial charge in [0.05, 0.1) is 0 Å². The minimum Gasteiger partial charge on any atom is -0.155 e. The number of rotatable bonds is 2. The summed E-state index contributed by atoms with van der Waals surface area (Å²) < 4.78 is 0.398. The van der Waals surface area contributed by atoms with E-state index in [1.54, 1.807) is 5.56 Å². The van der Waals surface area contributed by atoms with Crippen LogP contribution >= 0.6 is 23.5 Å². The number of thioether (sulfide) groups is 2. The third-order valence-corrected chi connectivity index (χ3v) is 5.38. The summed E-state index contributed by atoms with van der Waals surface area (Å²) in [5.41, 5.74) is 1.54. The van der Waals surface area contributed by atoms with Gasteiger partial charge in [0.15, 0.2) is 0 Å². The van der Waals surface area contributed by atoms with Crippen molar-refractivity contribution in [2.75, 3.05) is 5.75 Å². The molecular weight excluding hydrogens is 220 g/mol. The van der Waals surface area contributed by atoms with Gasteiger partial charge in [0.25, 0.3) is 0 Å². The molecule has 0 N–H and O–H groups in total. The molecule has 1 aliphatic heterocycles. The van der Waals surface area contributed by atoms with Gasteiger partial charge in [-0.3, -0.25) is 0 Å². The number of hydrogen-bond acceptors (Lipinski definition) is 2. The predicted octanol–water partition coefficient (Wildman–Crippen LogP) is 4.24. The van der Waals surface area contributed by atoms with Crippen molar-refractivity contribution in [1.82, 2.24) is 0 Å². The zero-order valence-electron chi connectivity index (χ0n) is 9.62. The van der Waals surface area contributed by atoms with Crippen LogP contribution in [0, 0.1) is 0 Å². The molecule has 1 aliphatic rings. The average molecular weight is 238 g/mol. The van der Waals surface area contributed by atoms with Gasteiger partial charge in [0.1, 0.15) is 0 Å². The SMILES string of the molecule is CC(C)(C)SCC1Cc2ccccc2S1. The molecule has 0 aliphatic carbocycles. The minimum absolute atomic E-state index is 0.398. The van der Waals surface area contributed by atoms with Gasteiger partial charge in [-0.05, 0) is 18.1 Å². The van der Waals surface area contributed by atoms with Crippen molar-refractivity contribution in [2.24, 2.45) is 0 Å². The van der Waals surface area contributed by atoms with Gasteiger partial charge in [-0.15, -0.1) is 11.8 Å². The molecule has 0 spiro atoms. The molecule has 0 bridgehead atoms. The summed E-state index contributed by atoms with van der Waals surface area (Å²) in [4.78, 5) is 1.50. The summed E-state index contributed by atoms with van der Waals surface area (Å²) >= 11 is 4.14. The Labute approximate surface area is 101 Å². The van der Waals surface area contributed by atoms with E-state index >= 15 is 0 Å². The van der Waals surface area contributed by atoms with Crippen molar-refractivity contribution in [2.45, 2.75) is 42.1 Å². The van der Waals surface area contributed by atoms with Crippen LogP contribution < -0.4 is 0 Å². The van der Waals surface area contributed by atoms with Crippen molar-refractivity contribution in [3.05, 3.63) is 29.8 Å². The monoisotopic (exact) mass is 238 g/mol. The topological polar surface area (TPSA) is 0 Å². The van der Waals surface area contributed by atoms with Crippen LogP contribution in [0.25, 0.3) is 0 Å². The van der Waals surface area contributed by atoms with Crippen molar-refractivity contribution in [3.63, 3.8) is 0 Å². The Kier molecular flexibility index (Phi) is 3.36. The highest BCUT2D eigenvalue weighted by Gasteiger charge is 2.23. The van der Waals surface area contributed by atoms with E-state index in [1.807, 2.05) is 0 Å². The van der Waals surface area contributed by atoms with Gasteiger partial charge in [-0.1, -0.05) is 39.0 Å². The first-order valence-electron chi connectivity index (χ1n) is 5.43. The quantitative estimate of drug-likeness (QED) is 0.756. The second kappa shape index (κ2) is 4.42. The van der Waals surface area contributed by atoms with E-state index in [0.717, 1.165) is 5.25 Å².